The van der Waals surface area contributed by atoms with Crippen molar-refractivity contribution >= 4 is 28.3 Å². The minimum atomic E-state index is -3.51. The average Bonchev–Trinajstić information content (AvgIpc) is 2.91. The Morgan fingerprint density at radius 1 is 1.18 bits per heavy atom. The van der Waals surface area contributed by atoms with Gasteiger partial charge in [0.1, 0.15) is 0 Å². The molecule has 8 heteroatoms. The summed E-state index contributed by atoms with van der Waals surface area (Å²) in [6.45, 7) is 0.443. The van der Waals surface area contributed by atoms with Crippen LogP contribution in [0.2, 0.25) is 0 Å². The molecule has 1 aliphatic carbocycles. The van der Waals surface area contributed by atoms with Gasteiger partial charge < -0.3 is 11.1 Å². The fraction of sp³-hybridized carbons (Fsp3) is 0.500. The molecule has 0 heterocycles. The summed E-state index contributed by atoms with van der Waals surface area (Å²) < 4.78 is 26.3. The Kier molecular flexibility index (Phi) is 7.28. The summed E-state index contributed by atoms with van der Waals surface area (Å²) in [5.74, 6) is -0.0763. The van der Waals surface area contributed by atoms with Crippen molar-refractivity contribution in [1.29, 1.82) is 0 Å². The second-order valence-electron chi connectivity index (χ2n) is 5.27. The van der Waals surface area contributed by atoms with Crippen molar-refractivity contribution < 1.29 is 13.2 Å². The smallest absolute Gasteiger partial charge is 0.240 e. The first-order valence-corrected chi connectivity index (χ1v) is 8.55. The summed E-state index contributed by atoms with van der Waals surface area (Å²) in [7, 11) is -3.51. The molecule has 1 amide bonds. The lowest BCUT2D eigenvalue weighted by Gasteiger charge is -2.11. The molecular formula is C14H22ClN3O3S. The number of amides is 1. The zero-order valence-electron chi connectivity index (χ0n) is 12.2. The van der Waals surface area contributed by atoms with Crippen molar-refractivity contribution in [3.8, 4) is 0 Å². The lowest BCUT2D eigenvalue weighted by molar-refractivity contribution is -0.124. The quantitative estimate of drug-likeness (QED) is 0.657. The molecule has 0 aliphatic heterocycles. The van der Waals surface area contributed by atoms with Crippen molar-refractivity contribution in [2.45, 2.75) is 30.2 Å². The highest BCUT2D eigenvalue weighted by Gasteiger charge is 2.27. The molecule has 0 bridgehead atoms. The lowest BCUT2D eigenvalue weighted by Crippen LogP contribution is -2.37. The number of hydrogen-bond acceptors (Lipinski definition) is 4. The zero-order valence-corrected chi connectivity index (χ0v) is 13.8. The SMILES string of the molecule is Cl.NC1CCC(C(=O)NCCNS(=O)(=O)c2ccccc2)C1. The van der Waals surface area contributed by atoms with Gasteiger partial charge >= 0.3 is 0 Å². The van der Waals surface area contributed by atoms with Gasteiger partial charge in [-0.05, 0) is 31.4 Å². The van der Waals surface area contributed by atoms with Crippen LogP contribution < -0.4 is 15.8 Å². The molecule has 0 aromatic heterocycles. The van der Waals surface area contributed by atoms with E-state index in [2.05, 4.69) is 10.0 Å². The molecule has 2 rings (SSSR count). The van der Waals surface area contributed by atoms with E-state index in [-0.39, 0.29) is 48.3 Å². The Morgan fingerprint density at radius 3 is 2.45 bits per heavy atom. The van der Waals surface area contributed by atoms with Crippen molar-refractivity contribution in [1.82, 2.24) is 10.0 Å². The van der Waals surface area contributed by atoms with Gasteiger partial charge in [-0.15, -0.1) is 12.4 Å². The molecule has 1 fully saturated rings. The van der Waals surface area contributed by atoms with Crippen molar-refractivity contribution in [3.63, 3.8) is 0 Å². The summed E-state index contributed by atoms with van der Waals surface area (Å²) >= 11 is 0. The standard InChI is InChI=1S/C14H21N3O3S.ClH/c15-12-7-6-11(10-12)14(18)16-8-9-17-21(19,20)13-4-2-1-3-5-13;/h1-5,11-12,17H,6-10,15H2,(H,16,18);1H. The highest BCUT2D eigenvalue weighted by molar-refractivity contribution is 7.89. The van der Waals surface area contributed by atoms with Crippen LogP contribution in [0.3, 0.4) is 0 Å². The maximum absolute atomic E-state index is 11.9. The second kappa shape index (κ2) is 8.47. The summed E-state index contributed by atoms with van der Waals surface area (Å²) in [5.41, 5.74) is 5.77. The van der Waals surface area contributed by atoms with Crippen LogP contribution in [0, 0.1) is 5.92 Å². The molecule has 1 saturated carbocycles. The number of carbonyl (C=O) groups excluding carboxylic acids is 1. The van der Waals surface area contributed by atoms with E-state index in [4.69, 9.17) is 5.73 Å². The van der Waals surface area contributed by atoms with E-state index in [0.29, 0.717) is 6.42 Å². The van der Waals surface area contributed by atoms with E-state index in [9.17, 15) is 13.2 Å². The molecule has 2 unspecified atom stereocenters. The largest absolute Gasteiger partial charge is 0.355 e. The highest BCUT2D eigenvalue weighted by Crippen LogP contribution is 2.23. The summed E-state index contributed by atoms with van der Waals surface area (Å²) in [4.78, 5) is 12.1. The van der Waals surface area contributed by atoms with Crippen LogP contribution in [0.15, 0.2) is 35.2 Å². The predicted octanol–water partition coefficient (Wildman–Crippen LogP) is 0.630. The van der Waals surface area contributed by atoms with Crippen molar-refractivity contribution in [3.05, 3.63) is 30.3 Å². The van der Waals surface area contributed by atoms with E-state index in [0.717, 1.165) is 12.8 Å². The number of halogens is 1. The van der Waals surface area contributed by atoms with Crippen molar-refractivity contribution in [2.24, 2.45) is 11.7 Å². The van der Waals surface area contributed by atoms with Gasteiger partial charge in [0.2, 0.25) is 15.9 Å². The van der Waals surface area contributed by atoms with Gasteiger partial charge in [0.05, 0.1) is 4.90 Å². The second-order valence-corrected chi connectivity index (χ2v) is 7.04. The Balaban J connectivity index is 0.00000242. The molecule has 1 aliphatic rings. The molecule has 22 heavy (non-hydrogen) atoms. The predicted molar refractivity (Wildman–Crippen MR) is 87.2 cm³/mol. The van der Waals surface area contributed by atoms with E-state index >= 15 is 0 Å². The minimum Gasteiger partial charge on any atom is -0.355 e. The number of nitrogens with two attached hydrogens (primary N) is 1. The Morgan fingerprint density at radius 2 is 1.86 bits per heavy atom. The van der Waals surface area contributed by atoms with Crippen LogP contribution in [-0.4, -0.2) is 33.5 Å². The number of rotatable bonds is 6. The number of benzene rings is 1. The van der Waals surface area contributed by atoms with Crippen LogP contribution in [0.1, 0.15) is 19.3 Å². The zero-order chi connectivity index (χ0) is 15.3. The van der Waals surface area contributed by atoms with E-state index in [1.54, 1.807) is 18.2 Å². The highest BCUT2D eigenvalue weighted by atomic mass is 35.5. The van der Waals surface area contributed by atoms with Gasteiger partial charge in [-0.25, -0.2) is 13.1 Å². The molecule has 1 aromatic rings. The van der Waals surface area contributed by atoms with Gasteiger partial charge in [0.15, 0.2) is 0 Å². The average molecular weight is 348 g/mol. The van der Waals surface area contributed by atoms with Gasteiger partial charge in [-0.2, -0.15) is 0 Å². The van der Waals surface area contributed by atoms with Crippen molar-refractivity contribution in [2.75, 3.05) is 13.1 Å². The summed E-state index contributed by atoms with van der Waals surface area (Å²) in [6.07, 6.45) is 2.39. The molecule has 4 N–H and O–H groups in total. The Bertz CT molecular complexity index is 580. The van der Waals surface area contributed by atoms with E-state index in [1.807, 2.05) is 0 Å². The van der Waals surface area contributed by atoms with E-state index < -0.39 is 10.0 Å². The maximum atomic E-state index is 11.9. The Hall–Kier alpha value is -1.15. The lowest BCUT2D eigenvalue weighted by atomic mass is 10.1. The molecule has 6 nitrogen and oxygen atoms in total. The molecule has 2 atom stereocenters. The molecule has 124 valence electrons. The minimum absolute atomic E-state index is 0. The maximum Gasteiger partial charge on any atom is 0.240 e. The fourth-order valence-electron chi connectivity index (χ4n) is 2.45. The monoisotopic (exact) mass is 347 g/mol. The molecule has 0 saturated heterocycles. The van der Waals surface area contributed by atoms with Crippen LogP contribution in [0.25, 0.3) is 0 Å². The number of sulfonamides is 1. The van der Waals surface area contributed by atoms with Gasteiger partial charge in [-0.1, -0.05) is 18.2 Å². The third-order valence-electron chi connectivity index (χ3n) is 3.61. The number of carbonyl (C=O) groups is 1. The van der Waals surface area contributed by atoms with Crippen LogP contribution in [-0.2, 0) is 14.8 Å². The van der Waals surface area contributed by atoms with Crippen LogP contribution in [0.5, 0.6) is 0 Å². The third kappa shape index (κ3) is 5.24. The number of hydrogen-bond donors (Lipinski definition) is 3. The van der Waals surface area contributed by atoms with Gasteiger partial charge in [-0.3, -0.25) is 4.79 Å². The summed E-state index contributed by atoms with van der Waals surface area (Å²) in [5, 5.41) is 2.75. The van der Waals surface area contributed by atoms with Gasteiger partial charge in [0, 0.05) is 25.0 Å². The Labute approximate surface area is 137 Å². The molecule has 0 radical (unpaired) electrons. The first-order chi connectivity index (χ1) is 9.99. The third-order valence-corrected chi connectivity index (χ3v) is 5.09. The summed E-state index contributed by atoms with van der Waals surface area (Å²) in [6, 6.07) is 8.25. The van der Waals surface area contributed by atoms with E-state index in [1.165, 1.54) is 12.1 Å². The molecule has 0 spiro atoms. The first kappa shape index (κ1) is 18.9. The van der Waals surface area contributed by atoms with Crippen LogP contribution in [0.4, 0.5) is 0 Å². The molecular weight excluding hydrogens is 326 g/mol. The molecule has 1 aromatic carbocycles. The first-order valence-electron chi connectivity index (χ1n) is 7.07. The fourth-order valence-corrected chi connectivity index (χ4v) is 3.51. The van der Waals surface area contributed by atoms with Crippen LogP contribution >= 0.6 is 12.4 Å². The normalized spacial score (nSPS) is 21.1. The topological polar surface area (TPSA) is 101 Å². The van der Waals surface area contributed by atoms with Gasteiger partial charge in [0.25, 0.3) is 0 Å². The number of nitrogens with one attached hydrogen (secondary N) is 2.